The summed E-state index contributed by atoms with van der Waals surface area (Å²) in [6.45, 7) is 6.59. The Morgan fingerprint density at radius 3 is 2.37 bits per heavy atom. The Kier molecular flexibility index (Phi) is 6.62. The zero-order valence-electron chi connectivity index (χ0n) is 11.9. The Morgan fingerprint density at radius 1 is 1.26 bits per heavy atom. The number of nitrogens with one attached hydrogen (secondary N) is 1. The van der Waals surface area contributed by atoms with E-state index in [1.165, 1.54) is 4.90 Å². The number of hydrogen-bond donors (Lipinski definition) is 2. The van der Waals surface area contributed by atoms with E-state index in [1.807, 2.05) is 18.7 Å². The number of carboxylic acid groups (broad SMARTS) is 1. The molecule has 2 amide bonds. The number of piperidine rings is 1. The Labute approximate surface area is 114 Å². The van der Waals surface area contributed by atoms with Crippen molar-refractivity contribution in [3.05, 3.63) is 0 Å². The summed E-state index contributed by atoms with van der Waals surface area (Å²) in [6, 6.07) is 0.0928. The van der Waals surface area contributed by atoms with Crippen molar-refractivity contribution >= 4 is 12.0 Å². The lowest BCUT2D eigenvalue weighted by atomic mass is 10.0. The smallest absolute Gasteiger partial charge is 0.323 e. The molecular weight excluding hydrogens is 246 g/mol. The second kappa shape index (κ2) is 7.99. The molecule has 1 heterocycles. The van der Waals surface area contributed by atoms with Crippen LogP contribution in [-0.4, -0.2) is 65.7 Å². The number of rotatable bonds is 6. The summed E-state index contributed by atoms with van der Waals surface area (Å²) < 4.78 is 0. The molecule has 2 N–H and O–H groups in total. The topological polar surface area (TPSA) is 72.9 Å². The molecular formula is C13H25N3O3. The molecule has 1 aliphatic heterocycles. The fourth-order valence-corrected chi connectivity index (χ4v) is 2.45. The molecule has 0 aromatic heterocycles. The third-order valence-electron chi connectivity index (χ3n) is 3.44. The summed E-state index contributed by atoms with van der Waals surface area (Å²) in [5.74, 6) is -0.961. The fourth-order valence-electron chi connectivity index (χ4n) is 2.45. The third-order valence-corrected chi connectivity index (χ3v) is 3.44. The first-order valence-corrected chi connectivity index (χ1v) is 7.08. The first-order valence-electron chi connectivity index (χ1n) is 7.08. The monoisotopic (exact) mass is 271 g/mol. The van der Waals surface area contributed by atoms with Crippen LogP contribution in [0.5, 0.6) is 0 Å². The summed E-state index contributed by atoms with van der Waals surface area (Å²) in [5, 5.41) is 12.1. The van der Waals surface area contributed by atoms with E-state index in [1.54, 1.807) is 0 Å². The van der Waals surface area contributed by atoms with Gasteiger partial charge in [0, 0.05) is 19.1 Å². The lowest BCUT2D eigenvalue weighted by Gasteiger charge is -2.37. The molecule has 0 radical (unpaired) electrons. The Hall–Kier alpha value is -1.30. The van der Waals surface area contributed by atoms with E-state index in [2.05, 4.69) is 5.32 Å². The molecule has 0 aliphatic carbocycles. The molecule has 110 valence electrons. The number of amides is 2. The minimum atomic E-state index is -0.961. The Bertz CT molecular complexity index is 304. The van der Waals surface area contributed by atoms with Crippen molar-refractivity contribution in [3.8, 4) is 0 Å². The van der Waals surface area contributed by atoms with Gasteiger partial charge >= 0.3 is 12.0 Å². The van der Waals surface area contributed by atoms with E-state index in [0.717, 1.165) is 32.4 Å². The highest BCUT2D eigenvalue weighted by atomic mass is 16.4. The van der Waals surface area contributed by atoms with Gasteiger partial charge in [0.15, 0.2) is 0 Å². The van der Waals surface area contributed by atoms with Crippen molar-refractivity contribution in [2.45, 2.75) is 39.2 Å². The lowest BCUT2D eigenvalue weighted by Crippen LogP contribution is -2.52. The van der Waals surface area contributed by atoms with Crippen LogP contribution in [0.3, 0.4) is 0 Å². The largest absolute Gasteiger partial charge is 0.480 e. The van der Waals surface area contributed by atoms with Crippen LogP contribution in [0.2, 0.25) is 0 Å². The fraction of sp³-hybridized carbons (Fsp3) is 0.846. The van der Waals surface area contributed by atoms with E-state index in [4.69, 9.17) is 5.11 Å². The second-order valence-electron chi connectivity index (χ2n) is 4.87. The minimum absolute atomic E-state index is 0.140. The van der Waals surface area contributed by atoms with Gasteiger partial charge in [-0.25, -0.2) is 4.79 Å². The molecule has 0 spiro atoms. The van der Waals surface area contributed by atoms with Gasteiger partial charge in [-0.1, -0.05) is 6.92 Å². The summed E-state index contributed by atoms with van der Waals surface area (Å²) in [5.41, 5.74) is 0. The maximum absolute atomic E-state index is 12.5. The number of nitrogens with zero attached hydrogens (tertiary/aromatic N) is 2. The molecule has 0 saturated carbocycles. The van der Waals surface area contributed by atoms with Crippen molar-refractivity contribution in [1.29, 1.82) is 0 Å². The van der Waals surface area contributed by atoms with Crippen LogP contribution in [0.25, 0.3) is 0 Å². The number of aliphatic carboxylic acids is 1. The molecule has 1 fully saturated rings. The predicted molar refractivity (Wildman–Crippen MR) is 73.2 cm³/mol. The van der Waals surface area contributed by atoms with Gasteiger partial charge in [-0.3, -0.25) is 4.79 Å². The average molecular weight is 271 g/mol. The molecule has 6 heteroatoms. The number of urea groups is 1. The quantitative estimate of drug-likeness (QED) is 0.755. The van der Waals surface area contributed by atoms with Gasteiger partial charge in [0.2, 0.25) is 0 Å². The van der Waals surface area contributed by atoms with Crippen LogP contribution >= 0.6 is 0 Å². The van der Waals surface area contributed by atoms with Crippen LogP contribution in [0.15, 0.2) is 0 Å². The molecule has 1 rings (SSSR count). The summed E-state index contributed by atoms with van der Waals surface area (Å²) in [4.78, 5) is 26.5. The highest BCUT2D eigenvalue weighted by Crippen LogP contribution is 2.15. The van der Waals surface area contributed by atoms with Gasteiger partial charge in [0.25, 0.3) is 0 Å². The molecule has 0 aromatic carbocycles. The molecule has 0 aromatic rings. The Balaban J connectivity index is 2.71. The van der Waals surface area contributed by atoms with Gasteiger partial charge in [-0.05, 0) is 39.3 Å². The van der Waals surface area contributed by atoms with Crippen molar-refractivity contribution in [1.82, 2.24) is 15.1 Å². The SMILES string of the molecule is CCCN(C(=O)N(CC)CC(=O)O)C1CCNCC1. The van der Waals surface area contributed by atoms with Gasteiger partial charge in [-0.2, -0.15) is 0 Å². The maximum atomic E-state index is 12.5. The summed E-state index contributed by atoms with van der Waals surface area (Å²) in [7, 11) is 0. The van der Waals surface area contributed by atoms with Gasteiger partial charge in [0.05, 0.1) is 0 Å². The Morgan fingerprint density at radius 2 is 1.89 bits per heavy atom. The van der Waals surface area contributed by atoms with Crippen molar-refractivity contribution in [3.63, 3.8) is 0 Å². The van der Waals surface area contributed by atoms with Crippen LogP contribution in [0.4, 0.5) is 4.79 Å². The van der Waals surface area contributed by atoms with Gasteiger partial charge in [0.1, 0.15) is 6.54 Å². The second-order valence-corrected chi connectivity index (χ2v) is 4.87. The zero-order chi connectivity index (χ0) is 14.3. The molecule has 0 unspecified atom stereocenters. The maximum Gasteiger partial charge on any atom is 0.323 e. The van der Waals surface area contributed by atoms with E-state index in [0.29, 0.717) is 13.1 Å². The van der Waals surface area contributed by atoms with E-state index in [9.17, 15) is 9.59 Å². The average Bonchev–Trinajstić information content (AvgIpc) is 2.42. The van der Waals surface area contributed by atoms with Crippen molar-refractivity contribution in [2.24, 2.45) is 0 Å². The third kappa shape index (κ3) is 4.70. The number of hydrogen-bond acceptors (Lipinski definition) is 3. The first kappa shape index (κ1) is 15.8. The number of carbonyl (C=O) groups is 2. The first-order chi connectivity index (χ1) is 9.10. The zero-order valence-corrected chi connectivity index (χ0v) is 11.9. The van der Waals surface area contributed by atoms with Crippen LogP contribution in [-0.2, 0) is 4.79 Å². The molecule has 0 atom stereocenters. The highest BCUT2D eigenvalue weighted by molar-refractivity contribution is 5.80. The predicted octanol–water partition coefficient (Wildman–Crippen LogP) is 0.977. The molecule has 1 saturated heterocycles. The summed E-state index contributed by atoms with van der Waals surface area (Å²) >= 11 is 0. The van der Waals surface area contributed by atoms with E-state index < -0.39 is 5.97 Å². The molecule has 19 heavy (non-hydrogen) atoms. The van der Waals surface area contributed by atoms with Gasteiger partial charge in [-0.15, -0.1) is 0 Å². The standard InChI is InChI=1S/C13H25N3O3/c1-3-9-16(11-5-7-14-8-6-11)13(19)15(4-2)10-12(17)18/h11,14H,3-10H2,1-2H3,(H,17,18). The van der Waals surface area contributed by atoms with E-state index in [-0.39, 0.29) is 18.6 Å². The van der Waals surface area contributed by atoms with Crippen molar-refractivity contribution in [2.75, 3.05) is 32.7 Å². The normalized spacial score (nSPS) is 16.1. The molecule has 6 nitrogen and oxygen atoms in total. The number of carbonyl (C=O) groups excluding carboxylic acids is 1. The van der Waals surface area contributed by atoms with Crippen LogP contribution < -0.4 is 5.32 Å². The number of carboxylic acids is 1. The van der Waals surface area contributed by atoms with Crippen LogP contribution in [0.1, 0.15) is 33.1 Å². The van der Waals surface area contributed by atoms with Crippen molar-refractivity contribution < 1.29 is 14.7 Å². The molecule has 0 bridgehead atoms. The van der Waals surface area contributed by atoms with Gasteiger partial charge < -0.3 is 20.2 Å². The number of likely N-dealkylation sites (N-methyl/N-ethyl adjacent to an activating group) is 1. The lowest BCUT2D eigenvalue weighted by molar-refractivity contribution is -0.137. The van der Waals surface area contributed by atoms with Crippen LogP contribution in [0, 0.1) is 0 Å². The van der Waals surface area contributed by atoms with E-state index >= 15 is 0 Å². The summed E-state index contributed by atoms with van der Waals surface area (Å²) in [6.07, 6.45) is 2.77. The highest BCUT2D eigenvalue weighted by Gasteiger charge is 2.28. The minimum Gasteiger partial charge on any atom is -0.480 e. The molecule has 1 aliphatic rings.